The molecule has 2 bridgehead atoms. The van der Waals surface area contributed by atoms with Crippen LogP contribution in [0.15, 0.2) is 0 Å². The Morgan fingerprint density at radius 2 is 2.00 bits per heavy atom. The Hall–Kier alpha value is -0.0400. The minimum absolute atomic E-state index is 0.186. The molecule has 3 radical (unpaired) electrons. The standard InChI is InChI=1S/C11H17O/c1-10(2)8-5-6-11(10,3)9(7-8)12-4/h8-9H,5-7H2,1-3H3. The van der Waals surface area contributed by atoms with Crippen molar-refractivity contribution in [1.29, 1.82) is 0 Å². The van der Waals surface area contributed by atoms with Crippen LogP contribution in [0, 0.1) is 23.9 Å². The van der Waals surface area contributed by atoms with Crippen LogP contribution in [0.1, 0.15) is 40.0 Å². The second-order valence-electron chi connectivity index (χ2n) is 5.22. The molecule has 0 saturated heterocycles. The molecule has 0 aromatic carbocycles. The molecule has 0 heterocycles. The average molecular weight is 165 g/mol. The van der Waals surface area contributed by atoms with E-state index >= 15 is 0 Å². The monoisotopic (exact) mass is 165 g/mol. The summed E-state index contributed by atoms with van der Waals surface area (Å²) in [4.78, 5) is 0. The number of rotatable bonds is 1. The van der Waals surface area contributed by atoms with E-state index in [1.54, 1.807) is 0 Å². The van der Waals surface area contributed by atoms with Crippen molar-refractivity contribution in [3.05, 3.63) is 7.11 Å². The summed E-state index contributed by atoms with van der Waals surface area (Å²) in [5, 5.41) is 0. The van der Waals surface area contributed by atoms with Gasteiger partial charge in [-0.2, -0.15) is 0 Å². The normalized spacial score (nSPS) is 50.0. The second-order valence-corrected chi connectivity index (χ2v) is 5.22. The van der Waals surface area contributed by atoms with Crippen LogP contribution < -0.4 is 0 Å². The van der Waals surface area contributed by atoms with Gasteiger partial charge in [-0.05, 0) is 36.0 Å². The zero-order valence-corrected chi connectivity index (χ0v) is 8.18. The maximum Gasteiger partial charge on any atom is 0.173 e. The van der Waals surface area contributed by atoms with Crippen molar-refractivity contribution >= 4 is 0 Å². The smallest absolute Gasteiger partial charge is 0.173 e. The van der Waals surface area contributed by atoms with Crippen molar-refractivity contribution in [1.82, 2.24) is 0 Å². The molecule has 2 fully saturated rings. The topological polar surface area (TPSA) is 9.23 Å². The van der Waals surface area contributed by atoms with Crippen LogP contribution in [-0.2, 0) is 4.74 Å². The van der Waals surface area contributed by atoms with Gasteiger partial charge in [0.05, 0.1) is 6.10 Å². The number of fused-ring (bicyclic) bond motifs is 2. The van der Waals surface area contributed by atoms with Crippen molar-refractivity contribution in [2.75, 3.05) is 0 Å². The van der Waals surface area contributed by atoms with Gasteiger partial charge in [0.1, 0.15) is 0 Å². The van der Waals surface area contributed by atoms with Crippen molar-refractivity contribution in [2.24, 2.45) is 16.7 Å². The predicted octanol–water partition coefficient (Wildman–Crippen LogP) is 2.76. The van der Waals surface area contributed by atoms with Gasteiger partial charge in [-0.15, -0.1) is 0 Å². The first-order valence-electron chi connectivity index (χ1n) is 4.85. The lowest BCUT2D eigenvalue weighted by molar-refractivity contribution is -0.00191. The molecule has 2 saturated carbocycles. The number of ether oxygens (including phenoxy) is 1. The summed E-state index contributed by atoms with van der Waals surface area (Å²) in [6.07, 6.45) is 3.87. The van der Waals surface area contributed by atoms with Crippen LogP contribution in [0.3, 0.4) is 0 Å². The van der Waals surface area contributed by atoms with Crippen molar-refractivity contribution < 1.29 is 4.74 Å². The van der Waals surface area contributed by atoms with E-state index in [-0.39, 0.29) is 11.5 Å². The average Bonchev–Trinajstić information content (AvgIpc) is 2.34. The highest BCUT2D eigenvalue weighted by Gasteiger charge is 2.61. The van der Waals surface area contributed by atoms with Gasteiger partial charge >= 0.3 is 0 Å². The van der Waals surface area contributed by atoms with E-state index < -0.39 is 0 Å². The van der Waals surface area contributed by atoms with Gasteiger partial charge in [-0.1, -0.05) is 20.8 Å². The van der Waals surface area contributed by atoms with Crippen LogP contribution in [0.4, 0.5) is 0 Å². The molecule has 1 heteroatoms. The summed E-state index contributed by atoms with van der Waals surface area (Å²) < 4.78 is 4.83. The molecule has 2 aliphatic carbocycles. The zero-order chi connectivity index (χ0) is 8.98. The number of hydrogen-bond acceptors (Lipinski definition) is 1. The fourth-order valence-electron chi connectivity index (χ4n) is 3.31. The Balaban J connectivity index is 2.33. The molecule has 2 rings (SSSR count). The molecular weight excluding hydrogens is 148 g/mol. The van der Waals surface area contributed by atoms with Gasteiger partial charge in [0.15, 0.2) is 7.11 Å². The summed E-state index contributed by atoms with van der Waals surface area (Å²) in [6.45, 7) is 6.96. The summed E-state index contributed by atoms with van der Waals surface area (Å²) in [5.41, 5.74) is 0.651. The molecular formula is C11H17O. The van der Waals surface area contributed by atoms with E-state index in [1.807, 2.05) is 0 Å². The van der Waals surface area contributed by atoms with Crippen LogP contribution in [0.5, 0.6) is 0 Å². The lowest BCUT2D eigenvalue weighted by atomic mass is 9.70. The molecule has 0 aromatic heterocycles. The fourth-order valence-corrected chi connectivity index (χ4v) is 3.31. The Morgan fingerprint density at radius 3 is 2.25 bits per heavy atom. The molecule has 3 atom stereocenters. The zero-order valence-electron chi connectivity index (χ0n) is 8.18. The van der Waals surface area contributed by atoms with Crippen LogP contribution in [-0.4, -0.2) is 6.10 Å². The number of hydrogen-bond donors (Lipinski definition) is 0. The SMILES string of the molecule is [C]OC1CC2CCC1(C)C2(C)C. The van der Waals surface area contributed by atoms with E-state index in [0.29, 0.717) is 5.41 Å². The molecule has 3 unspecified atom stereocenters. The van der Waals surface area contributed by atoms with E-state index in [0.717, 1.165) is 12.3 Å². The van der Waals surface area contributed by atoms with Gasteiger partial charge in [0.25, 0.3) is 0 Å². The molecule has 0 N–H and O–H groups in total. The third kappa shape index (κ3) is 0.736. The molecule has 12 heavy (non-hydrogen) atoms. The van der Waals surface area contributed by atoms with Crippen LogP contribution >= 0.6 is 0 Å². The summed E-state index contributed by atoms with van der Waals surface area (Å²) >= 11 is 0. The van der Waals surface area contributed by atoms with E-state index in [4.69, 9.17) is 11.8 Å². The molecule has 0 aromatic rings. The largest absolute Gasteiger partial charge is 0.361 e. The predicted molar refractivity (Wildman–Crippen MR) is 47.3 cm³/mol. The van der Waals surface area contributed by atoms with Gasteiger partial charge in [0, 0.05) is 0 Å². The molecule has 2 aliphatic rings. The third-order valence-corrected chi connectivity index (χ3v) is 4.86. The Labute approximate surface area is 75.5 Å². The van der Waals surface area contributed by atoms with Crippen molar-refractivity contribution in [3.8, 4) is 0 Å². The maximum absolute atomic E-state index is 7.06. The van der Waals surface area contributed by atoms with Gasteiger partial charge < -0.3 is 4.74 Å². The second kappa shape index (κ2) is 2.25. The summed E-state index contributed by atoms with van der Waals surface area (Å²) in [6, 6.07) is 0. The van der Waals surface area contributed by atoms with E-state index in [9.17, 15) is 0 Å². The molecule has 0 aliphatic heterocycles. The molecule has 67 valence electrons. The third-order valence-electron chi connectivity index (χ3n) is 4.86. The van der Waals surface area contributed by atoms with Crippen molar-refractivity contribution in [2.45, 2.75) is 46.1 Å². The maximum atomic E-state index is 7.06. The summed E-state index contributed by atoms with van der Waals surface area (Å²) in [5.74, 6) is 0.790. The van der Waals surface area contributed by atoms with Crippen LogP contribution in [0.2, 0.25) is 0 Å². The molecule has 0 amide bonds. The lowest BCUT2D eigenvalue weighted by Crippen LogP contribution is -2.36. The Morgan fingerprint density at radius 1 is 1.33 bits per heavy atom. The van der Waals surface area contributed by atoms with E-state index in [2.05, 4.69) is 20.8 Å². The first kappa shape index (κ1) is 8.55. The highest BCUT2D eigenvalue weighted by Crippen LogP contribution is 2.66. The quantitative estimate of drug-likeness (QED) is 0.580. The van der Waals surface area contributed by atoms with Gasteiger partial charge in [0.2, 0.25) is 0 Å². The van der Waals surface area contributed by atoms with Crippen molar-refractivity contribution in [3.63, 3.8) is 0 Å². The van der Waals surface area contributed by atoms with E-state index in [1.165, 1.54) is 12.8 Å². The van der Waals surface area contributed by atoms with Gasteiger partial charge in [-0.25, -0.2) is 0 Å². The molecule has 1 nitrogen and oxygen atoms in total. The Bertz CT molecular complexity index is 197. The highest BCUT2D eigenvalue weighted by molar-refractivity contribution is 5.11. The minimum Gasteiger partial charge on any atom is -0.361 e. The van der Waals surface area contributed by atoms with Crippen LogP contribution in [0.25, 0.3) is 0 Å². The first-order valence-corrected chi connectivity index (χ1v) is 4.85. The minimum atomic E-state index is 0.186. The van der Waals surface area contributed by atoms with Gasteiger partial charge in [-0.3, -0.25) is 0 Å². The first-order chi connectivity index (χ1) is 5.52. The Kier molecular flexibility index (Phi) is 1.61. The highest BCUT2D eigenvalue weighted by atomic mass is 16.5. The molecule has 0 spiro atoms. The fraction of sp³-hybridized carbons (Fsp3) is 0.909. The summed E-state index contributed by atoms with van der Waals surface area (Å²) in [7, 11) is 7.06. The lowest BCUT2D eigenvalue weighted by Gasteiger charge is -2.38.